The molecule has 0 spiro atoms. The number of hydrogen-bond donors (Lipinski definition) is 0. The highest BCUT2D eigenvalue weighted by atomic mass is 32.2. The average Bonchev–Trinajstić information content (AvgIpc) is 1.72. The molecule has 2 aromatic carbocycles. The lowest BCUT2D eigenvalue weighted by molar-refractivity contribution is -0.0331. The van der Waals surface area contributed by atoms with E-state index in [0.717, 1.165) is 129 Å². The molecule has 0 bridgehead atoms. The van der Waals surface area contributed by atoms with E-state index < -0.39 is 9.84 Å². The maximum absolute atomic E-state index is 10.8. The molecular weight excluding hydrogens is 1630 g/mol. The van der Waals surface area contributed by atoms with Gasteiger partial charge in [0.25, 0.3) is 0 Å². The van der Waals surface area contributed by atoms with Crippen LogP contribution in [0.2, 0.25) is 0 Å². The molecular formula is C118H240N6O6S. The van der Waals surface area contributed by atoms with Crippen LogP contribution in [0.5, 0.6) is 0 Å². The summed E-state index contributed by atoms with van der Waals surface area (Å²) in [5, 5.41) is 0. The van der Waals surface area contributed by atoms with Gasteiger partial charge in [0, 0.05) is 78.5 Å². The van der Waals surface area contributed by atoms with Crippen LogP contribution >= 0.6 is 0 Å². The highest BCUT2D eigenvalue weighted by Crippen LogP contribution is 2.32. The normalized spacial score (nSPS) is 20.9. The number of aryl methyl sites for hydroxylation is 1. The van der Waals surface area contributed by atoms with Crippen LogP contribution in [0, 0.1) is 75.9 Å². The predicted molar refractivity (Wildman–Crippen MR) is 590 cm³/mol. The number of benzene rings is 2. The Bertz CT molecular complexity index is 2560. The van der Waals surface area contributed by atoms with Gasteiger partial charge < -0.3 is 48.3 Å². The molecule has 8 heterocycles. The van der Waals surface area contributed by atoms with Crippen molar-refractivity contribution in [2.24, 2.45) is 75.9 Å². The third-order valence-corrected chi connectivity index (χ3v) is 27.7. The van der Waals surface area contributed by atoms with Crippen LogP contribution in [0.3, 0.4) is 0 Å². The molecule has 3 aliphatic carbocycles. The largest absolute Gasteiger partial charge is 0.385 e. The molecule has 13 heteroatoms. The second-order valence-corrected chi connectivity index (χ2v) is 46.1. The first-order valence-corrected chi connectivity index (χ1v) is 58.0. The van der Waals surface area contributed by atoms with Crippen LogP contribution in [0.25, 0.3) is 0 Å². The molecule has 131 heavy (non-hydrogen) atoms. The summed E-state index contributed by atoms with van der Waals surface area (Å²) < 4.78 is 41.1. The monoisotopic (exact) mass is 1870 g/mol. The minimum absolute atomic E-state index is 0.133. The molecule has 11 aliphatic rings. The van der Waals surface area contributed by atoms with E-state index in [0.29, 0.717) is 10.8 Å². The van der Waals surface area contributed by atoms with Crippen molar-refractivity contribution in [1.82, 2.24) is 29.4 Å². The molecule has 1 unspecified atom stereocenters. The molecule has 3 saturated carbocycles. The van der Waals surface area contributed by atoms with Gasteiger partial charge in [-0.05, 0) is 296 Å². The second-order valence-electron chi connectivity index (χ2n) is 43.9. The number of unbranched alkanes of at least 4 members (excludes halogenated alkanes) is 4. The zero-order chi connectivity index (χ0) is 100.0. The molecule has 12 nitrogen and oxygen atoms in total. The smallest absolute Gasteiger partial charge is 0.151 e. The molecule has 784 valence electrons. The van der Waals surface area contributed by atoms with Crippen molar-refractivity contribution in [1.29, 1.82) is 0 Å². The number of sulfone groups is 1. The van der Waals surface area contributed by atoms with Gasteiger partial charge >= 0.3 is 0 Å². The Balaban J connectivity index is -0.000000430. The SMILES string of the molecule is CC1CCC1.CC1CCN(C)CC1.CC1CCN(C2CC2)CC1.CC1CN(C)C1.CCC(C)(C)C.CCC1CCC(C)CC1.CCC1CCOC1.CCC1COC1.CCCC.CCCC(C)(C)C.CCCCC.CCCCOC.CCCN1CCC(C)CC1.CCCN1CC[C@@H](C)C1.CCCOC.CCN1CCC(C)CC1.CCc1ccccc1.CS(=O)(=O)Cc1ccccc1. The number of nitrogens with zero attached hydrogens (tertiary/aromatic N) is 6. The summed E-state index contributed by atoms with van der Waals surface area (Å²) in [5.74, 6) is 10.9. The summed E-state index contributed by atoms with van der Waals surface area (Å²) in [4.78, 5) is 15.1. The topological polar surface area (TPSA) is 90.5 Å². The fraction of sp³-hybridized carbons (Fsp3) is 0.898. The van der Waals surface area contributed by atoms with Crippen LogP contribution in [0.4, 0.5) is 0 Å². The second kappa shape index (κ2) is 94.2. The van der Waals surface area contributed by atoms with Crippen LogP contribution < -0.4 is 0 Å². The summed E-state index contributed by atoms with van der Waals surface area (Å²) in [6, 6.07) is 20.6. The zero-order valence-electron chi connectivity index (χ0n) is 95.3. The lowest BCUT2D eigenvalue weighted by atomic mass is 9.82. The lowest BCUT2D eigenvalue weighted by Gasteiger charge is -2.33. The van der Waals surface area contributed by atoms with Gasteiger partial charge in [0.1, 0.15) is 0 Å². The van der Waals surface area contributed by atoms with Crippen LogP contribution in [-0.2, 0) is 41.0 Å². The molecule has 2 atom stereocenters. The van der Waals surface area contributed by atoms with E-state index in [4.69, 9.17) is 18.9 Å². The number of methoxy groups -OCH3 is 2. The number of ether oxygens (including phenoxy) is 4. The van der Waals surface area contributed by atoms with E-state index in [-0.39, 0.29) is 5.75 Å². The molecule has 2 aromatic rings. The zero-order valence-corrected chi connectivity index (χ0v) is 96.1. The molecule has 11 fully saturated rings. The van der Waals surface area contributed by atoms with Crippen LogP contribution in [-0.4, -0.2) is 216 Å². The van der Waals surface area contributed by atoms with E-state index in [1.165, 1.54) is 328 Å². The van der Waals surface area contributed by atoms with E-state index in [1.54, 1.807) is 26.4 Å². The van der Waals surface area contributed by atoms with Gasteiger partial charge in [-0.2, -0.15) is 0 Å². The number of hydrogen-bond acceptors (Lipinski definition) is 12. The van der Waals surface area contributed by atoms with Crippen molar-refractivity contribution in [3.05, 3.63) is 71.8 Å². The van der Waals surface area contributed by atoms with E-state index in [9.17, 15) is 8.42 Å². The highest BCUT2D eigenvalue weighted by Gasteiger charge is 2.31. The van der Waals surface area contributed by atoms with Crippen LogP contribution in [0.1, 0.15) is 437 Å². The number of likely N-dealkylation sites (tertiary alicyclic amines) is 6. The predicted octanol–water partition coefficient (Wildman–Crippen LogP) is 32.1. The molecule has 13 rings (SSSR count). The van der Waals surface area contributed by atoms with Crippen molar-refractivity contribution < 1.29 is 27.4 Å². The third-order valence-electron chi connectivity index (χ3n) is 26.8. The quantitative estimate of drug-likeness (QED) is 0.112. The Hall–Kier alpha value is -2.01. The Morgan fingerprint density at radius 3 is 1.00 bits per heavy atom. The first kappa shape index (κ1) is 137. The van der Waals surface area contributed by atoms with Gasteiger partial charge in [0.05, 0.1) is 19.0 Å². The first-order chi connectivity index (χ1) is 62.3. The molecule has 0 radical (unpaired) electrons. The summed E-state index contributed by atoms with van der Waals surface area (Å²) in [6.45, 7) is 91.1. The molecule has 8 aliphatic heterocycles. The molecule has 0 N–H and O–H groups in total. The molecule has 0 aromatic heterocycles. The molecule has 8 saturated heterocycles. The van der Waals surface area contributed by atoms with Crippen molar-refractivity contribution in [2.75, 3.05) is 172 Å². The lowest BCUT2D eigenvalue weighted by Crippen LogP contribution is -2.41. The Labute approximate surface area is 825 Å². The van der Waals surface area contributed by atoms with E-state index in [2.05, 4.69) is 269 Å². The maximum atomic E-state index is 10.8. The summed E-state index contributed by atoms with van der Waals surface area (Å²) in [5.41, 5.74) is 3.34. The fourth-order valence-electron chi connectivity index (χ4n) is 15.5. The number of piperidine rings is 4. The Kier molecular flexibility index (Phi) is 98.9. The first-order valence-electron chi connectivity index (χ1n) is 56.0. The minimum Gasteiger partial charge on any atom is -0.385 e. The fourth-order valence-corrected chi connectivity index (χ4v) is 16.3. The van der Waals surface area contributed by atoms with Crippen molar-refractivity contribution >= 4 is 9.84 Å². The summed E-state index contributed by atoms with van der Waals surface area (Å²) in [6.07, 6.45) is 50.6. The van der Waals surface area contributed by atoms with Gasteiger partial charge in [-0.15, -0.1) is 0 Å². The van der Waals surface area contributed by atoms with Gasteiger partial charge in [0.2, 0.25) is 0 Å². The van der Waals surface area contributed by atoms with E-state index in [1.807, 2.05) is 24.3 Å². The van der Waals surface area contributed by atoms with Gasteiger partial charge in [0.15, 0.2) is 9.84 Å². The molecule has 0 amide bonds. The standard InChI is InChI=1S/C9H17N.C9H19N.C9H18.2C8H17N.C8H10O2S.C8H10.C7H15N.C7H16.C6H12O.C6H14.C5H11N.C5H10O.C5H12O.C5H10.C5H12.C4H10O.C4H10/c1-8-4-6-10(7-5-8)9-2-3-9;1-3-6-10-7-4-9(2)5-8-10;2*1-3-9-6-4-8(2)5-7-9;1-3-5-9-6-4-8(2)7-9;1-11(9,10)7-8-5-3-2-4-6-8;1-2-8-6-4-3-5-7-8;1-7-3-5-8(2)6-4-7;1-5-6-7(2,3)4;1-2-6-3-4-7-5-6;1-5-6(2,3)4;1-5-3-6(2)4-5;1-2-5-3-6-4-5;1-3-4-5-6-2;1-5-3-2-4-5;1-3-5-4-2;1-3-4-5-2;1-3-4-2/h8-9H,2-7H2,1H3;9H,3-8H2,1-2H3;8-9H,3-7H2,1-2H3;2*8H,3-7H2,1-2H3;2-6H,7H2,1H3;3-7H,2H2,1H3;7H,3-6H2,1-2H3;5-6H2,1-4H3;6H,2-5H2,1H3;5H2,1-4H3;5H,3-4H2,1-2H3;5H,2-4H2,1H3;3-5H2,1-2H3;5H,2-4H2,1H3;3-5H2,1-2H3;3-4H2,1-2H3;3-4H2,1-2H3/t;;;;8-;;;;;;;;;;;;;/m....1............./s1. The van der Waals surface area contributed by atoms with Gasteiger partial charge in [-0.3, -0.25) is 0 Å². The minimum atomic E-state index is -2.88. The average molecular weight is 1870 g/mol. The van der Waals surface area contributed by atoms with Crippen molar-refractivity contribution in [3.63, 3.8) is 0 Å². The van der Waals surface area contributed by atoms with Gasteiger partial charge in [-0.1, -0.05) is 371 Å². The van der Waals surface area contributed by atoms with Crippen molar-refractivity contribution in [3.8, 4) is 0 Å². The highest BCUT2D eigenvalue weighted by molar-refractivity contribution is 7.89. The Morgan fingerprint density at radius 1 is 0.366 bits per heavy atom. The maximum Gasteiger partial charge on any atom is 0.151 e. The summed E-state index contributed by atoms with van der Waals surface area (Å²) >= 11 is 0. The Morgan fingerprint density at radius 2 is 0.771 bits per heavy atom. The third kappa shape index (κ3) is 99.4. The summed E-state index contributed by atoms with van der Waals surface area (Å²) in [7, 11) is 4.92. The van der Waals surface area contributed by atoms with E-state index >= 15 is 0 Å². The van der Waals surface area contributed by atoms with Gasteiger partial charge in [-0.25, -0.2) is 8.42 Å². The van der Waals surface area contributed by atoms with Crippen molar-refractivity contribution in [2.45, 2.75) is 444 Å². The van der Waals surface area contributed by atoms with Crippen LogP contribution in [0.15, 0.2) is 60.7 Å². The number of rotatable bonds is 21.